The fraction of sp³-hybridized carbons (Fsp3) is 0.500. The van der Waals surface area contributed by atoms with Crippen molar-refractivity contribution in [2.75, 3.05) is 12.4 Å². The summed E-state index contributed by atoms with van der Waals surface area (Å²) in [5, 5.41) is 12.3. The van der Waals surface area contributed by atoms with E-state index in [2.05, 4.69) is 5.32 Å². The number of rotatable bonds is 3. The molecule has 0 aromatic heterocycles. The van der Waals surface area contributed by atoms with Crippen LogP contribution in [0.4, 0.5) is 5.69 Å². The lowest BCUT2D eigenvalue weighted by atomic mass is 9.75. The van der Waals surface area contributed by atoms with Crippen molar-refractivity contribution in [1.29, 1.82) is 0 Å². The molecule has 0 atom stereocenters. The average molecular weight is 277 g/mol. The van der Waals surface area contributed by atoms with E-state index >= 15 is 0 Å². The van der Waals surface area contributed by atoms with Gasteiger partial charge < -0.3 is 19.7 Å². The number of hydrogen-bond donors (Lipinski definition) is 2. The number of aromatic carboxylic acids is 1. The number of carboxylic acid groups (broad SMARTS) is 1. The summed E-state index contributed by atoms with van der Waals surface area (Å²) in [6, 6.07) is 5.13. The molecule has 108 valence electrons. The first-order chi connectivity index (χ1) is 9.18. The number of carbonyl (C=O) groups is 1. The number of carboxylic acids is 1. The first-order valence-corrected chi connectivity index (χ1v) is 6.58. The van der Waals surface area contributed by atoms with Crippen LogP contribution in [0.25, 0.3) is 0 Å². The van der Waals surface area contributed by atoms with Crippen LogP contribution < -0.4 is 10.8 Å². The highest BCUT2D eigenvalue weighted by Gasteiger charge is 2.52. The Morgan fingerprint density at radius 1 is 1.20 bits per heavy atom. The van der Waals surface area contributed by atoms with Gasteiger partial charge in [-0.1, -0.05) is 6.07 Å². The second kappa shape index (κ2) is 4.79. The van der Waals surface area contributed by atoms with Crippen molar-refractivity contribution in [1.82, 2.24) is 0 Å². The number of nitrogens with one attached hydrogen (secondary N) is 1. The van der Waals surface area contributed by atoms with E-state index in [1.807, 2.05) is 33.8 Å². The highest BCUT2D eigenvalue weighted by molar-refractivity contribution is 6.63. The van der Waals surface area contributed by atoms with Gasteiger partial charge in [-0.05, 0) is 45.3 Å². The van der Waals surface area contributed by atoms with Gasteiger partial charge in [-0.3, -0.25) is 0 Å². The second-order valence-corrected chi connectivity index (χ2v) is 5.95. The van der Waals surface area contributed by atoms with E-state index in [1.165, 1.54) is 0 Å². The van der Waals surface area contributed by atoms with Gasteiger partial charge in [-0.2, -0.15) is 0 Å². The van der Waals surface area contributed by atoms with Crippen molar-refractivity contribution in [2.45, 2.75) is 38.9 Å². The molecule has 1 saturated heterocycles. The molecular weight excluding hydrogens is 257 g/mol. The molecule has 0 aliphatic carbocycles. The standard InChI is InChI=1S/C14H20BNO4/c1-13(2)14(3,4)20-15(19-13)11-7-6-9(16-5)8-10(11)12(17)18/h6-8,16H,1-5H3,(H,17,18). The van der Waals surface area contributed by atoms with Crippen LogP contribution in [0.15, 0.2) is 18.2 Å². The second-order valence-electron chi connectivity index (χ2n) is 5.95. The third-order valence-corrected chi connectivity index (χ3v) is 4.08. The van der Waals surface area contributed by atoms with Crippen molar-refractivity contribution < 1.29 is 19.2 Å². The molecule has 0 unspecified atom stereocenters. The Labute approximate surface area is 119 Å². The SMILES string of the molecule is CNc1ccc(B2OC(C)(C)C(C)(C)O2)c(C(=O)O)c1. The minimum atomic E-state index is -0.994. The number of hydrogen-bond acceptors (Lipinski definition) is 4. The molecule has 20 heavy (non-hydrogen) atoms. The Bertz CT molecular complexity index is 526. The third kappa shape index (κ3) is 2.41. The third-order valence-electron chi connectivity index (χ3n) is 4.08. The minimum Gasteiger partial charge on any atom is -0.478 e. The molecule has 0 amide bonds. The van der Waals surface area contributed by atoms with Gasteiger partial charge in [0.1, 0.15) is 0 Å². The molecule has 0 radical (unpaired) electrons. The Hall–Kier alpha value is -1.53. The molecule has 1 aliphatic heterocycles. The van der Waals surface area contributed by atoms with Gasteiger partial charge in [-0.25, -0.2) is 4.79 Å². The van der Waals surface area contributed by atoms with Crippen LogP contribution in [0, 0.1) is 0 Å². The van der Waals surface area contributed by atoms with Crippen molar-refractivity contribution in [3.63, 3.8) is 0 Å². The van der Waals surface area contributed by atoms with Crippen LogP contribution in [0.5, 0.6) is 0 Å². The van der Waals surface area contributed by atoms with E-state index < -0.39 is 24.3 Å². The van der Waals surface area contributed by atoms with E-state index in [1.54, 1.807) is 19.2 Å². The molecule has 2 N–H and O–H groups in total. The van der Waals surface area contributed by atoms with Gasteiger partial charge in [0.05, 0.1) is 16.8 Å². The van der Waals surface area contributed by atoms with Crippen molar-refractivity contribution in [3.8, 4) is 0 Å². The van der Waals surface area contributed by atoms with Crippen LogP contribution in [-0.2, 0) is 9.31 Å². The maximum absolute atomic E-state index is 11.4. The number of benzene rings is 1. The van der Waals surface area contributed by atoms with Gasteiger partial charge >= 0.3 is 13.1 Å². The largest absolute Gasteiger partial charge is 0.495 e. The van der Waals surface area contributed by atoms with Crippen LogP contribution in [0.2, 0.25) is 0 Å². The summed E-state index contributed by atoms with van der Waals surface area (Å²) in [5.74, 6) is -0.994. The minimum absolute atomic E-state index is 0.190. The van der Waals surface area contributed by atoms with Crippen molar-refractivity contribution >= 4 is 24.2 Å². The molecule has 0 saturated carbocycles. The molecule has 1 heterocycles. The monoisotopic (exact) mass is 277 g/mol. The quantitative estimate of drug-likeness (QED) is 0.823. The van der Waals surface area contributed by atoms with Crippen molar-refractivity contribution in [3.05, 3.63) is 23.8 Å². The summed E-state index contributed by atoms with van der Waals surface area (Å²) >= 11 is 0. The molecule has 1 aromatic rings. The zero-order valence-electron chi connectivity index (χ0n) is 12.5. The Morgan fingerprint density at radius 3 is 2.20 bits per heavy atom. The van der Waals surface area contributed by atoms with Gasteiger partial charge in [0.25, 0.3) is 0 Å². The zero-order valence-corrected chi connectivity index (χ0v) is 12.5. The smallest absolute Gasteiger partial charge is 0.478 e. The van der Waals surface area contributed by atoms with Crippen molar-refractivity contribution in [2.24, 2.45) is 0 Å². The fourth-order valence-corrected chi connectivity index (χ4v) is 2.07. The Balaban J connectivity index is 2.42. The molecular formula is C14H20BNO4. The first-order valence-electron chi connectivity index (χ1n) is 6.58. The summed E-state index contributed by atoms with van der Waals surface area (Å²) in [6.07, 6.45) is 0. The maximum atomic E-state index is 11.4. The lowest BCUT2D eigenvalue weighted by Gasteiger charge is -2.32. The molecule has 1 aliphatic rings. The number of anilines is 1. The predicted octanol–water partition coefficient (Wildman–Crippen LogP) is 1.73. The summed E-state index contributed by atoms with van der Waals surface area (Å²) in [6.45, 7) is 7.76. The van der Waals surface area contributed by atoms with E-state index in [0.29, 0.717) is 5.46 Å². The molecule has 2 rings (SSSR count). The molecule has 5 nitrogen and oxygen atoms in total. The summed E-state index contributed by atoms with van der Waals surface area (Å²) in [4.78, 5) is 11.4. The van der Waals surface area contributed by atoms with Crippen LogP contribution in [0.1, 0.15) is 38.1 Å². The van der Waals surface area contributed by atoms with Crippen LogP contribution in [-0.4, -0.2) is 36.4 Å². The van der Waals surface area contributed by atoms with E-state index in [4.69, 9.17) is 9.31 Å². The highest BCUT2D eigenvalue weighted by atomic mass is 16.7. The van der Waals surface area contributed by atoms with Crippen LogP contribution >= 0.6 is 0 Å². The molecule has 6 heteroatoms. The molecule has 0 spiro atoms. The fourth-order valence-electron chi connectivity index (χ4n) is 2.07. The van der Waals surface area contributed by atoms with Gasteiger partial charge in [0, 0.05) is 12.7 Å². The van der Waals surface area contributed by atoms with Gasteiger partial charge in [0.15, 0.2) is 0 Å². The lowest BCUT2D eigenvalue weighted by molar-refractivity contribution is 0.00578. The van der Waals surface area contributed by atoms with Gasteiger partial charge in [0.2, 0.25) is 0 Å². The van der Waals surface area contributed by atoms with Crippen LogP contribution in [0.3, 0.4) is 0 Å². The maximum Gasteiger partial charge on any atom is 0.495 e. The highest BCUT2D eigenvalue weighted by Crippen LogP contribution is 2.36. The van der Waals surface area contributed by atoms with E-state index in [9.17, 15) is 9.90 Å². The summed E-state index contributed by atoms with van der Waals surface area (Å²) in [7, 11) is 1.08. The molecule has 1 aromatic carbocycles. The lowest BCUT2D eigenvalue weighted by Crippen LogP contribution is -2.41. The van der Waals surface area contributed by atoms with E-state index in [-0.39, 0.29) is 5.56 Å². The molecule has 0 bridgehead atoms. The average Bonchev–Trinajstić information content (AvgIpc) is 2.57. The summed E-state index contributed by atoms with van der Waals surface area (Å²) in [5.41, 5.74) is 0.484. The van der Waals surface area contributed by atoms with E-state index in [0.717, 1.165) is 5.69 Å². The summed E-state index contributed by atoms with van der Waals surface area (Å²) < 4.78 is 11.8. The Kier molecular flexibility index (Phi) is 3.56. The normalized spacial score (nSPS) is 19.9. The first kappa shape index (κ1) is 14.9. The predicted molar refractivity (Wildman–Crippen MR) is 78.7 cm³/mol. The Morgan fingerprint density at radius 2 is 1.75 bits per heavy atom. The zero-order chi connectivity index (χ0) is 15.1. The molecule has 1 fully saturated rings. The topological polar surface area (TPSA) is 67.8 Å². The van der Waals surface area contributed by atoms with Gasteiger partial charge in [-0.15, -0.1) is 0 Å².